The molecule has 1 aromatic rings. The number of hydrogen-bond acceptors (Lipinski definition) is 2. The Bertz CT molecular complexity index is 331. The van der Waals surface area contributed by atoms with Crippen molar-refractivity contribution < 1.29 is 0 Å². The first-order valence-corrected chi connectivity index (χ1v) is 6.40. The van der Waals surface area contributed by atoms with Crippen LogP contribution in [0.3, 0.4) is 0 Å². The van der Waals surface area contributed by atoms with E-state index in [1.807, 2.05) is 0 Å². The molecule has 1 aromatic carbocycles. The molecule has 0 aromatic heterocycles. The highest BCUT2D eigenvalue weighted by atomic mass is 15.1. The fourth-order valence-electron chi connectivity index (χ4n) is 2.53. The number of hydrogen-bond donors (Lipinski definition) is 1. The van der Waals surface area contributed by atoms with Gasteiger partial charge >= 0.3 is 0 Å². The van der Waals surface area contributed by atoms with Gasteiger partial charge in [0.25, 0.3) is 0 Å². The predicted octanol–water partition coefficient (Wildman–Crippen LogP) is 2.93. The Labute approximate surface area is 98.7 Å². The number of nitrogens with one attached hydrogen (secondary N) is 1. The zero-order valence-electron chi connectivity index (χ0n) is 10.4. The monoisotopic (exact) mass is 218 g/mol. The van der Waals surface area contributed by atoms with Gasteiger partial charge in [-0.15, -0.1) is 0 Å². The van der Waals surface area contributed by atoms with Crippen molar-refractivity contribution >= 4 is 5.69 Å². The number of nitrogens with zero attached hydrogens (tertiary/aromatic N) is 1. The molecule has 2 heteroatoms. The standard InChI is InChI=1S/C14H22N2/c1-3-16(4-2)11-12-9-10-15-14-8-6-5-7-13(12)14/h5-8,12,15H,3-4,9-11H2,1-2H3. The lowest BCUT2D eigenvalue weighted by Gasteiger charge is -2.30. The van der Waals surface area contributed by atoms with Crippen LogP contribution in [0.1, 0.15) is 31.7 Å². The van der Waals surface area contributed by atoms with Gasteiger partial charge in [-0.1, -0.05) is 32.0 Å². The Morgan fingerprint density at radius 3 is 2.75 bits per heavy atom. The lowest BCUT2D eigenvalue weighted by molar-refractivity contribution is 0.278. The Hall–Kier alpha value is -1.02. The summed E-state index contributed by atoms with van der Waals surface area (Å²) in [7, 11) is 0. The van der Waals surface area contributed by atoms with E-state index in [4.69, 9.17) is 0 Å². The topological polar surface area (TPSA) is 15.3 Å². The van der Waals surface area contributed by atoms with E-state index < -0.39 is 0 Å². The second-order valence-corrected chi connectivity index (χ2v) is 4.49. The highest BCUT2D eigenvalue weighted by Gasteiger charge is 2.20. The fraction of sp³-hybridized carbons (Fsp3) is 0.571. The minimum atomic E-state index is 0.706. The maximum Gasteiger partial charge on any atom is 0.0376 e. The first kappa shape index (κ1) is 11.5. The number of anilines is 1. The second kappa shape index (κ2) is 5.35. The van der Waals surface area contributed by atoms with Crippen molar-refractivity contribution in [2.24, 2.45) is 0 Å². The highest BCUT2D eigenvalue weighted by Crippen LogP contribution is 2.31. The largest absolute Gasteiger partial charge is 0.385 e. The lowest BCUT2D eigenvalue weighted by Crippen LogP contribution is -2.31. The molecule has 1 atom stereocenters. The van der Waals surface area contributed by atoms with Crippen LogP contribution < -0.4 is 5.32 Å². The number of likely N-dealkylation sites (N-methyl/N-ethyl adjacent to an activating group) is 1. The first-order chi connectivity index (χ1) is 7.85. The first-order valence-electron chi connectivity index (χ1n) is 6.40. The summed E-state index contributed by atoms with van der Waals surface area (Å²) >= 11 is 0. The zero-order valence-corrected chi connectivity index (χ0v) is 10.4. The Kier molecular flexibility index (Phi) is 3.83. The number of fused-ring (bicyclic) bond motifs is 1. The van der Waals surface area contributed by atoms with Gasteiger partial charge in [-0.2, -0.15) is 0 Å². The molecule has 0 saturated carbocycles. The third-order valence-electron chi connectivity index (χ3n) is 3.58. The van der Waals surface area contributed by atoms with Crippen LogP contribution in [0.4, 0.5) is 5.69 Å². The van der Waals surface area contributed by atoms with Crippen LogP contribution in [0.15, 0.2) is 24.3 Å². The molecule has 0 fully saturated rings. The quantitative estimate of drug-likeness (QED) is 0.836. The van der Waals surface area contributed by atoms with Crippen molar-refractivity contribution in [1.29, 1.82) is 0 Å². The molecule has 88 valence electrons. The van der Waals surface area contributed by atoms with Crippen molar-refractivity contribution in [1.82, 2.24) is 4.90 Å². The molecule has 1 aliphatic heterocycles. The number of benzene rings is 1. The molecule has 1 aliphatic rings. The molecule has 1 N–H and O–H groups in total. The van der Waals surface area contributed by atoms with Gasteiger partial charge in [-0.05, 0) is 31.1 Å². The molecule has 0 radical (unpaired) electrons. The van der Waals surface area contributed by atoms with E-state index >= 15 is 0 Å². The SMILES string of the molecule is CCN(CC)CC1CCNc2ccccc21. The third kappa shape index (κ3) is 2.38. The maximum absolute atomic E-state index is 3.48. The summed E-state index contributed by atoms with van der Waals surface area (Å²) in [4.78, 5) is 2.52. The molecule has 2 rings (SSSR count). The van der Waals surface area contributed by atoms with Crippen LogP contribution in [0.5, 0.6) is 0 Å². The van der Waals surface area contributed by atoms with Gasteiger partial charge in [0.15, 0.2) is 0 Å². The lowest BCUT2D eigenvalue weighted by atomic mass is 9.90. The minimum absolute atomic E-state index is 0.706. The Morgan fingerprint density at radius 1 is 1.25 bits per heavy atom. The second-order valence-electron chi connectivity index (χ2n) is 4.49. The molecular formula is C14H22N2. The smallest absolute Gasteiger partial charge is 0.0376 e. The van der Waals surface area contributed by atoms with E-state index in [1.165, 1.54) is 24.2 Å². The van der Waals surface area contributed by atoms with Crippen LogP contribution in [0.2, 0.25) is 0 Å². The summed E-state index contributed by atoms with van der Waals surface area (Å²) in [5.41, 5.74) is 2.84. The average molecular weight is 218 g/mol. The molecule has 16 heavy (non-hydrogen) atoms. The fourth-order valence-corrected chi connectivity index (χ4v) is 2.53. The zero-order chi connectivity index (χ0) is 11.4. The minimum Gasteiger partial charge on any atom is -0.385 e. The van der Waals surface area contributed by atoms with Gasteiger partial charge in [-0.25, -0.2) is 0 Å². The summed E-state index contributed by atoms with van der Waals surface area (Å²) in [6.45, 7) is 9.12. The molecule has 1 unspecified atom stereocenters. The summed E-state index contributed by atoms with van der Waals surface area (Å²) < 4.78 is 0. The molecule has 2 nitrogen and oxygen atoms in total. The Morgan fingerprint density at radius 2 is 2.00 bits per heavy atom. The van der Waals surface area contributed by atoms with Gasteiger partial charge < -0.3 is 10.2 Å². The van der Waals surface area contributed by atoms with Gasteiger partial charge in [0.1, 0.15) is 0 Å². The van der Waals surface area contributed by atoms with Crippen molar-refractivity contribution in [3.8, 4) is 0 Å². The number of para-hydroxylation sites is 1. The summed E-state index contributed by atoms with van der Waals surface area (Å²) in [5, 5.41) is 3.48. The van der Waals surface area contributed by atoms with Crippen molar-refractivity contribution in [2.45, 2.75) is 26.2 Å². The van der Waals surface area contributed by atoms with E-state index in [2.05, 4.69) is 48.3 Å². The molecule has 0 aliphatic carbocycles. The predicted molar refractivity (Wildman–Crippen MR) is 70.1 cm³/mol. The van der Waals surface area contributed by atoms with E-state index in [0.29, 0.717) is 5.92 Å². The van der Waals surface area contributed by atoms with Crippen LogP contribution in [0, 0.1) is 0 Å². The van der Waals surface area contributed by atoms with Crippen LogP contribution in [-0.2, 0) is 0 Å². The molecule has 0 amide bonds. The van der Waals surface area contributed by atoms with E-state index in [1.54, 1.807) is 0 Å². The summed E-state index contributed by atoms with van der Waals surface area (Å²) in [6.07, 6.45) is 1.26. The molecule has 0 saturated heterocycles. The normalized spacial score (nSPS) is 19.3. The summed E-state index contributed by atoms with van der Waals surface area (Å²) in [5.74, 6) is 0.706. The molecule has 0 spiro atoms. The van der Waals surface area contributed by atoms with Gasteiger partial charge in [-0.3, -0.25) is 0 Å². The Balaban J connectivity index is 2.12. The van der Waals surface area contributed by atoms with Crippen molar-refractivity contribution in [2.75, 3.05) is 31.5 Å². The van der Waals surface area contributed by atoms with Gasteiger partial charge in [0.05, 0.1) is 0 Å². The van der Waals surface area contributed by atoms with Gasteiger partial charge in [0, 0.05) is 24.7 Å². The average Bonchev–Trinajstić information content (AvgIpc) is 2.36. The molecule has 0 bridgehead atoms. The van der Waals surface area contributed by atoms with Crippen LogP contribution >= 0.6 is 0 Å². The van der Waals surface area contributed by atoms with E-state index in [-0.39, 0.29) is 0 Å². The van der Waals surface area contributed by atoms with E-state index in [0.717, 1.165) is 19.6 Å². The van der Waals surface area contributed by atoms with Crippen LogP contribution in [-0.4, -0.2) is 31.1 Å². The highest BCUT2D eigenvalue weighted by molar-refractivity contribution is 5.54. The van der Waals surface area contributed by atoms with Crippen molar-refractivity contribution in [3.05, 3.63) is 29.8 Å². The number of rotatable bonds is 4. The van der Waals surface area contributed by atoms with Crippen molar-refractivity contribution in [3.63, 3.8) is 0 Å². The van der Waals surface area contributed by atoms with Crippen LogP contribution in [0.25, 0.3) is 0 Å². The molecule has 1 heterocycles. The molecular weight excluding hydrogens is 196 g/mol. The van der Waals surface area contributed by atoms with E-state index in [9.17, 15) is 0 Å². The third-order valence-corrected chi connectivity index (χ3v) is 3.58. The maximum atomic E-state index is 3.48. The van der Waals surface area contributed by atoms with Gasteiger partial charge in [0.2, 0.25) is 0 Å². The summed E-state index contributed by atoms with van der Waals surface area (Å²) in [6, 6.07) is 8.74.